The average molecular weight is 412 g/mol. The Kier molecular flexibility index (Phi) is 6.51. The number of carbonyl (C=O) groups excluding carboxylic acids is 1. The molecule has 0 aliphatic carbocycles. The highest BCUT2D eigenvalue weighted by molar-refractivity contribution is 9.10. The van der Waals surface area contributed by atoms with Crippen molar-refractivity contribution in [2.75, 3.05) is 5.32 Å². The normalized spacial score (nSPS) is 11.3. The zero-order valence-electron chi connectivity index (χ0n) is 12.7. The maximum atomic E-state index is 13.5. The van der Waals surface area contributed by atoms with Gasteiger partial charge in [0.05, 0.1) is 5.69 Å². The summed E-state index contributed by atoms with van der Waals surface area (Å²) in [6.07, 6.45) is -0.741. The van der Waals surface area contributed by atoms with Gasteiger partial charge in [0.2, 0.25) is 0 Å². The monoisotopic (exact) mass is 411 g/mol. The number of rotatable bonds is 4. The van der Waals surface area contributed by atoms with Crippen LogP contribution in [0.4, 0.5) is 10.1 Å². The number of benzene rings is 2. The Labute approximate surface area is 152 Å². The lowest BCUT2D eigenvalue weighted by Crippen LogP contribution is -2.48. The van der Waals surface area contributed by atoms with E-state index in [1.54, 1.807) is 31.2 Å². The molecule has 0 aromatic heterocycles. The van der Waals surface area contributed by atoms with E-state index in [0.29, 0.717) is 5.75 Å². The SMILES string of the molecule is C[C@H](Oc1ccc(Br)cc1)C(=O)NNC(=S)Nc1ccccc1F. The van der Waals surface area contributed by atoms with Crippen LogP contribution in [0.15, 0.2) is 53.0 Å². The standard InChI is InChI=1S/C16H15BrFN3O2S/c1-10(23-12-8-6-11(17)7-9-12)15(22)20-21-16(24)19-14-5-3-2-4-13(14)18/h2-10H,1H3,(H,20,22)(H2,19,21,24)/t10-/m0/s1. The predicted molar refractivity (Wildman–Crippen MR) is 98.1 cm³/mol. The topological polar surface area (TPSA) is 62.4 Å². The van der Waals surface area contributed by atoms with Gasteiger partial charge < -0.3 is 10.1 Å². The van der Waals surface area contributed by atoms with Crippen LogP contribution in [0, 0.1) is 5.82 Å². The largest absolute Gasteiger partial charge is 0.481 e. The number of anilines is 1. The fraction of sp³-hybridized carbons (Fsp3) is 0.125. The minimum atomic E-state index is -0.741. The second-order valence-electron chi connectivity index (χ2n) is 4.76. The molecule has 24 heavy (non-hydrogen) atoms. The number of halogens is 2. The number of hydrogen-bond acceptors (Lipinski definition) is 3. The van der Waals surface area contributed by atoms with E-state index in [2.05, 4.69) is 32.1 Å². The Morgan fingerprint density at radius 3 is 2.50 bits per heavy atom. The van der Waals surface area contributed by atoms with Crippen molar-refractivity contribution in [1.29, 1.82) is 0 Å². The van der Waals surface area contributed by atoms with E-state index in [-0.39, 0.29) is 10.8 Å². The zero-order chi connectivity index (χ0) is 17.5. The second kappa shape index (κ2) is 8.60. The van der Waals surface area contributed by atoms with Crippen molar-refractivity contribution in [3.63, 3.8) is 0 Å². The molecule has 0 saturated heterocycles. The summed E-state index contributed by atoms with van der Waals surface area (Å²) < 4.78 is 19.9. The smallest absolute Gasteiger partial charge is 0.279 e. The molecule has 126 valence electrons. The van der Waals surface area contributed by atoms with E-state index < -0.39 is 17.8 Å². The van der Waals surface area contributed by atoms with E-state index in [1.165, 1.54) is 12.1 Å². The Morgan fingerprint density at radius 2 is 1.83 bits per heavy atom. The van der Waals surface area contributed by atoms with Crippen molar-refractivity contribution in [1.82, 2.24) is 10.9 Å². The van der Waals surface area contributed by atoms with Crippen molar-refractivity contribution in [2.24, 2.45) is 0 Å². The highest BCUT2D eigenvalue weighted by atomic mass is 79.9. The van der Waals surface area contributed by atoms with Gasteiger partial charge in [-0.1, -0.05) is 28.1 Å². The lowest BCUT2D eigenvalue weighted by atomic mass is 10.3. The van der Waals surface area contributed by atoms with Gasteiger partial charge in [0, 0.05) is 4.47 Å². The van der Waals surface area contributed by atoms with Crippen molar-refractivity contribution in [3.8, 4) is 5.75 Å². The third-order valence-corrected chi connectivity index (χ3v) is 3.65. The minimum absolute atomic E-state index is 0.0595. The van der Waals surface area contributed by atoms with Gasteiger partial charge in [-0.3, -0.25) is 15.6 Å². The molecule has 0 bridgehead atoms. The molecule has 1 atom stereocenters. The molecule has 0 unspecified atom stereocenters. The van der Waals surface area contributed by atoms with Crippen LogP contribution in [0.2, 0.25) is 0 Å². The lowest BCUT2D eigenvalue weighted by Gasteiger charge is -2.16. The Balaban J connectivity index is 1.80. The van der Waals surface area contributed by atoms with Crippen LogP contribution >= 0.6 is 28.1 Å². The lowest BCUT2D eigenvalue weighted by molar-refractivity contribution is -0.127. The van der Waals surface area contributed by atoms with Crippen LogP contribution in [0.5, 0.6) is 5.75 Å². The van der Waals surface area contributed by atoms with Crippen LogP contribution in [0.1, 0.15) is 6.92 Å². The third-order valence-electron chi connectivity index (χ3n) is 2.92. The molecule has 8 heteroatoms. The molecule has 2 rings (SSSR count). The van der Waals surface area contributed by atoms with E-state index in [1.807, 2.05) is 12.1 Å². The number of ether oxygens (including phenoxy) is 1. The molecule has 2 aromatic carbocycles. The Hall–Kier alpha value is -2.19. The molecule has 0 aliphatic heterocycles. The van der Waals surface area contributed by atoms with E-state index in [0.717, 1.165) is 4.47 Å². The number of nitrogens with one attached hydrogen (secondary N) is 3. The first-order chi connectivity index (χ1) is 11.5. The summed E-state index contributed by atoms with van der Waals surface area (Å²) in [4.78, 5) is 12.0. The van der Waals surface area contributed by atoms with Crippen LogP contribution in [0.3, 0.4) is 0 Å². The van der Waals surface area contributed by atoms with Gasteiger partial charge in [0.25, 0.3) is 5.91 Å². The summed E-state index contributed by atoms with van der Waals surface area (Å²) in [5.41, 5.74) is 5.12. The molecule has 1 amide bonds. The first-order valence-corrected chi connectivity index (χ1v) is 8.19. The molecule has 5 nitrogen and oxygen atoms in total. The predicted octanol–water partition coefficient (Wildman–Crippen LogP) is 3.37. The quantitative estimate of drug-likeness (QED) is 0.531. The molecule has 2 aromatic rings. The maximum absolute atomic E-state index is 13.5. The molecular formula is C16H15BrFN3O2S. The molecule has 0 aliphatic rings. The molecular weight excluding hydrogens is 397 g/mol. The molecule has 3 N–H and O–H groups in total. The molecule has 0 fully saturated rings. The number of amides is 1. The van der Waals surface area contributed by atoms with Gasteiger partial charge in [-0.2, -0.15) is 0 Å². The number of hydrogen-bond donors (Lipinski definition) is 3. The van der Waals surface area contributed by atoms with Gasteiger partial charge in [-0.05, 0) is 55.5 Å². The Bertz CT molecular complexity index is 728. The van der Waals surface area contributed by atoms with Crippen molar-refractivity contribution >= 4 is 44.9 Å². The first kappa shape index (κ1) is 18.2. The van der Waals surface area contributed by atoms with Crippen LogP contribution in [0.25, 0.3) is 0 Å². The molecule has 0 radical (unpaired) electrons. The number of carbonyl (C=O) groups is 1. The average Bonchev–Trinajstić information content (AvgIpc) is 2.57. The summed E-state index contributed by atoms with van der Waals surface area (Å²) in [5, 5.41) is 2.70. The molecule has 0 saturated carbocycles. The summed E-state index contributed by atoms with van der Waals surface area (Å²) in [5.74, 6) is -0.302. The Morgan fingerprint density at radius 1 is 1.17 bits per heavy atom. The van der Waals surface area contributed by atoms with Gasteiger partial charge >= 0.3 is 0 Å². The fourth-order valence-corrected chi connectivity index (χ4v) is 2.13. The number of hydrazine groups is 1. The van der Waals surface area contributed by atoms with Crippen molar-refractivity contribution in [3.05, 3.63) is 58.8 Å². The first-order valence-electron chi connectivity index (χ1n) is 6.99. The number of thiocarbonyl (C=S) groups is 1. The van der Waals surface area contributed by atoms with Crippen molar-refractivity contribution < 1.29 is 13.9 Å². The summed E-state index contributed by atoms with van der Waals surface area (Å²) in [6, 6.07) is 13.2. The highest BCUT2D eigenvalue weighted by Crippen LogP contribution is 2.17. The van der Waals surface area contributed by atoms with Gasteiger partial charge in [0.1, 0.15) is 11.6 Å². The second-order valence-corrected chi connectivity index (χ2v) is 6.09. The number of para-hydroxylation sites is 1. The van der Waals surface area contributed by atoms with E-state index in [9.17, 15) is 9.18 Å². The van der Waals surface area contributed by atoms with Gasteiger partial charge in [0.15, 0.2) is 11.2 Å². The molecule has 0 heterocycles. The zero-order valence-corrected chi connectivity index (χ0v) is 15.1. The van der Waals surface area contributed by atoms with Crippen LogP contribution in [-0.2, 0) is 4.79 Å². The summed E-state index contributed by atoms with van der Waals surface area (Å²) in [7, 11) is 0. The van der Waals surface area contributed by atoms with E-state index in [4.69, 9.17) is 17.0 Å². The fourth-order valence-electron chi connectivity index (χ4n) is 1.71. The van der Waals surface area contributed by atoms with E-state index >= 15 is 0 Å². The minimum Gasteiger partial charge on any atom is -0.481 e. The van der Waals surface area contributed by atoms with Crippen LogP contribution in [-0.4, -0.2) is 17.1 Å². The summed E-state index contributed by atoms with van der Waals surface area (Å²) >= 11 is 8.32. The highest BCUT2D eigenvalue weighted by Gasteiger charge is 2.15. The summed E-state index contributed by atoms with van der Waals surface area (Å²) in [6.45, 7) is 1.60. The van der Waals surface area contributed by atoms with Crippen LogP contribution < -0.4 is 20.9 Å². The maximum Gasteiger partial charge on any atom is 0.279 e. The van der Waals surface area contributed by atoms with Gasteiger partial charge in [-0.15, -0.1) is 0 Å². The van der Waals surface area contributed by atoms with Gasteiger partial charge in [-0.25, -0.2) is 4.39 Å². The van der Waals surface area contributed by atoms with Crippen molar-refractivity contribution in [2.45, 2.75) is 13.0 Å². The third kappa shape index (κ3) is 5.47. The molecule has 0 spiro atoms.